The van der Waals surface area contributed by atoms with E-state index in [2.05, 4.69) is 25.7 Å². The first kappa shape index (κ1) is 13.8. The maximum absolute atomic E-state index is 6.89. The molecule has 0 radical (unpaired) electrons. The van der Waals surface area contributed by atoms with Crippen molar-refractivity contribution < 1.29 is 4.74 Å². The normalized spacial score (nSPS) is 40.9. The van der Waals surface area contributed by atoms with Gasteiger partial charge in [-0.25, -0.2) is 0 Å². The van der Waals surface area contributed by atoms with Crippen LogP contribution in [0.4, 0.5) is 0 Å². The van der Waals surface area contributed by atoms with Crippen molar-refractivity contribution in [3.63, 3.8) is 0 Å². The van der Waals surface area contributed by atoms with Crippen LogP contribution in [-0.2, 0) is 4.74 Å². The third kappa shape index (κ3) is 2.14. The molecule has 2 saturated carbocycles. The summed E-state index contributed by atoms with van der Waals surface area (Å²) in [6, 6.07) is 0. The molecule has 0 aromatic rings. The summed E-state index contributed by atoms with van der Waals surface area (Å²) < 4.78 is 6.00. The molecule has 3 fully saturated rings. The first-order valence-electron chi connectivity index (χ1n) is 8.12. The van der Waals surface area contributed by atoms with Crippen LogP contribution in [0.1, 0.15) is 46.5 Å². The lowest BCUT2D eigenvalue weighted by atomic mass is 9.46. The van der Waals surface area contributed by atoms with Gasteiger partial charge in [-0.15, -0.1) is 0 Å². The lowest BCUT2D eigenvalue weighted by Gasteiger charge is -2.67. The molecule has 1 aliphatic heterocycles. The molecule has 0 aromatic carbocycles. The molecule has 3 atom stereocenters. The summed E-state index contributed by atoms with van der Waals surface area (Å²) in [5.74, 6) is 1.52. The Morgan fingerprint density at radius 2 is 2.00 bits per heavy atom. The second kappa shape index (κ2) is 4.71. The maximum Gasteiger partial charge on any atom is 0.0690 e. The smallest absolute Gasteiger partial charge is 0.0690 e. The molecule has 2 aliphatic carbocycles. The minimum atomic E-state index is -0.0526. The first-order valence-corrected chi connectivity index (χ1v) is 8.12. The van der Waals surface area contributed by atoms with Gasteiger partial charge in [0.15, 0.2) is 0 Å². The Kier molecular flexibility index (Phi) is 3.43. The van der Waals surface area contributed by atoms with E-state index in [4.69, 9.17) is 10.5 Å². The molecule has 0 spiro atoms. The van der Waals surface area contributed by atoms with Crippen LogP contribution < -0.4 is 5.73 Å². The predicted octanol–water partition coefficient (Wildman–Crippen LogP) is 2.25. The minimum Gasteiger partial charge on any atom is -0.377 e. The number of nitrogens with zero attached hydrogens (tertiary/aromatic N) is 1. The van der Waals surface area contributed by atoms with Crippen molar-refractivity contribution in [2.75, 3.05) is 26.2 Å². The summed E-state index contributed by atoms with van der Waals surface area (Å²) in [5, 5.41) is 0. The third-order valence-electron chi connectivity index (χ3n) is 6.04. The van der Waals surface area contributed by atoms with Crippen LogP contribution in [-0.4, -0.2) is 42.8 Å². The molecule has 1 saturated heterocycles. The van der Waals surface area contributed by atoms with E-state index in [9.17, 15) is 0 Å². The summed E-state index contributed by atoms with van der Waals surface area (Å²) in [6.07, 6.45) is 5.68. The highest BCUT2D eigenvalue weighted by molar-refractivity contribution is 5.20. The highest BCUT2D eigenvalue weighted by atomic mass is 16.5. The standard InChI is InChI=1S/C16H30N2O/c1-4-18(10-12-7-8-12)11-16(17)13-6-5-9-19-14(13)15(16,2)3/h12-14H,4-11,17H2,1-3H3. The van der Waals surface area contributed by atoms with E-state index in [-0.39, 0.29) is 11.0 Å². The zero-order valence-corrected chi connectivity index (χ0v) is 12.8. The Morgan fingerprint density at radius 1 is 1.26 bits per heavy atom. The van der Waals surface area contributed by atoms with E-state index in [0.29, 0.717) is 12.0 Å². The second-order valence-corrected chi connectivity index (χ2v) is 7.57. The summed E-state index contributed by atoms with van der Waals surface area (Å²) in [7, 11) is 0. The van der Waals surface area contributed by atoms with Gasteiger partial charge in [0.25, 0.3) is 0 Å². The van der Waals surface area contributed by atoms with Gasteiger partial charge in [-0.05, 0) is 38.1 Å². The fraction of sp³-hybridized carbons (Fsp3) is 1.00. The van der Waals surface area contributed by atoms with Crippen molar-refractivity contribution in [3.05, 3.63) is 0 Å². The molecule has 0 bridgehead atoms. The molecular formula is C16H30N2O. The Hall–Kier alpha value is -0.120. The highest BCUT2D eigenvalue weighted by Crippen LogP contribution is 2.57. The number of rotatable bonds is 5. The molecule has 0 aromatic heterocycles. The van der Waals surface area contributed by atoms with E-state index in [0.717, 1.165) is 25.6 Å². The van der Waals surface area contributed by atoms with Gasteiger partial charge in [-0.1, -0.05) is 20.8 Å². The topological polar surface area (TPSA) is 38.5 Å². The van der Waals surface area contributed by atoms with E-state index in [1.54, 1.807) is 0 Å². The molecule has 1 heterocycles. The average Bonchev–Trinajstić information content (AvgIpc) is 3.21. The molecule has 110 valence electrons. The Balaban J connectivity index is 1.69. The van der Waals surface area contributed by atoms with Crippen molar-refractivity contribution in [2.45, 2.75) is 58.1 Å². The molecule has 3 heteroatoms. The highest BCUT2D eigenvalue weighted by Gasteiger charge is 2.66. The van der Waals surface area contributed by atoms with Gasteiger partial charge in [-0.2, -0.15) is 0 Å². The minimum absolute atomic E-state index is 0.0526. The van der Waals surface area contributed by atoms with Crippen LogP contribution in [0.5, 0.6) is 0 Å². The number of hydrogen-bond donors (Lipinski definition) is 1. The summed E-state index contributed by atoms with van der Waals surface area (Å²) >= 11 is 0. The summed E-state index contributed by atoms with van der Waals surface area (Å²) in [6.45, 7) is 11.3. The Morgan fingerprint density at radius 3 is 2.63 bits per heavy atom. The molecule has 3 rings (SSSR count). The maximum atomic E-state index is 6.89. The summed E-state index contributed by atoms with van der Waals surface area (Å²) in [4.78, 5) is 2.59. The fourth-order valence-electron chi connectivity index (χ4n) is 4.33. The van der Waals surface area contributed by atoms with Gasteiger partial charge < -0.3 is 15.4 Å². The number of likely N-dealkylation sites (N-methyl/N-ethyl adjacent to an activating group) is 1. The van der Waals surface area contributed by atoms with Crippen LogP contribution in [0.3, 0.4) is 0 Å². The van der Waals surface area contributed by atoms with Gasteiger partial charge >= 0.3 is 0 Å². The molecule has 3 nitrogen and oxygen atoms in total. The quantitative estimate of drug-likeness (QED) is 0.829. The van der Waals surface area contributed by atoms with Gasteiger partial charge in [0.05, 0.1) is 6.10 Å². The molecule has 2 N–H and O–H groups in total. The van der Waals surface area contributed by atoms with Crippen LogP contribution in [0.15, 0.2) is 0 Å². The van der Waals surface area contributed by atoms with Crippen LogP contribution in [0.25, 0.3) is 0 Å². The first-order chi connectivity index (χ1) is 8.99. The van der Waals surface area contributed by atoms with Crippen molar-refractivity contribution >= 4 is 0 Å². The Bertz CT molecular complexity index is 340. The van der Waals surface area contributed by atoms with Crippen LogP contribution in [0.2, 0.25) is 0 Å². The predicted molar refractivity (Wildman–Crippen MR) is 78.0 cm³/mol. The van der Waals surface area contributed by atoms with Gasteiger partial charge in [-0.3, -0.25) is 0 Å². The molecule has 3 aliphatic rings. The lowest BCUT2D eigenvalue weighted by Crippen LogP contribution is -2.80. The second-order valence-electron chi connectivity index (χ2n) is 7.57. The summed E-state index contributed by atoms with van der Waals surface area (Å²) in [5.41, 5.74) is 6.95. The SMILES string of the molecule is CCN(CC1CC1)CC1(N)C2CCCOC2C1(C)C. The fourth-order valence-corrected chi connectivity index (χ4v) is 4.33. The number of nitrogens with two attached hydrogens (primary N) is 1. The monoisotopic (exact) mass is 266 g/mol. The van der Waals surface area contributed by atoms with Crippen LogP contribution >= 0.6 is 0 Å². The molecule has 0 amide bonds. The van der Waals surface area contributed by atoms with Gasteiger partial charge in [0, 0.05) is 36.6 Å². The molecule has 3 unspecified atom stereocenters. The molecule has 19 heavy (non-hydrogen) atoms. The van der Waals surface area contributed by atoms with E-state index >= 15 is 0 Å². The number of hydrogen-bond acceptors (Lipinski definition) is 3. The van der Waals surface area contributed by atoms with E-state index < -0.39 is 0 Å². The van der Waals surface area contributed by atoms with Gasteiger partial charge in [0.2, 0.25) is 0 Å². The third-order valence-corrected chi connectivity index (χ3v) is 6.04. The van der Waals surface area contributed by atoms with Gasteiger partial charge in [0.1, 0.15) is 0 Å². The Labute approximate surface area is 117 Å². The number of ether oxygens (including phenoxy) is 1. The van der Waals surface area contributed by atoms with Crippen molar-refractivity contribution in [1.29, 1.82) is 0 Å². The largest absolute Gasteiger partial charge is 0.377 e. The van der Waals surface area contributed by atoms with E-state index in [1.807, 2.05) is 0 Å². The number of fused-ring (bicyclic) bond motifs is 1. The average molecular weight is 266 g/mol. The zero-order chi connectivity index (χ0) is 13.7. The van der Waals surface area contributed by atoms with Crippen molar-refractivity contribution in [2.24, 2.45) is 23.0 Å². The molecular weight excluding hydrogens is 236 g/mol. The van der Waals surface area contributed by atoms with Crippen molar-refractivity contribution in [1.82, 2.24) is 4.90 Å². The van der Waals surface area contributed by atoms with Crippen LogP contribution in [0, 0.1) is 17.3 Å². The van der Waals surface area contributed by atoms with Crippen molar-refractivity contribution in [3.8, 4) is 0 Å². The zero-order valence-electron chi connectivity index (χ0n) is 12.8. The lowest BCUT2D eigenvalue weighted by molar-refractivity contribution is -0.232. The van der Waals surface area contributed by atoms with E-state index in [1.165, 1.54) is 32.2 Å².